The van der Waals surface area contributed by atoms with Crippen LogP contribution in [0.4, 0.5) is 5.69 Å². The summed E-state index contributed by atoms with van der Waals surface area (Å²) in [6, 6.07) is 44.2. The van der Waals surface area contributed by atoms with Gasteiger partial charge in [0.25, 0.3) is 0 Å². The highest BCUT2D eigenvalue weighted by Crippen LogP contribution is 2.45. The Morgan fingerprint density at radius 1 is 0.605 bits per heavy atom. The molecule has 0 saturated heterocycles. The fraction of sp³-hybridized carbons (Fsp3) is 0. The fourth-order valence-electron chi connectivity index (χ4n) is 6.82. The van der Waals surface area contributed by atoms with Crippen LogP contribution in [0.2, 0.25) is 0 Å². The number of benzene rings is 6. The van der Waals surface area contributed by atoms with Gasteiger partial charge in [-0.15, -0.1) is 11.3 Å². The summed E-state index contributed by atoms with van der Waals surface area (Å²) in [5.41, 5.74) is 6.60. The van der Waals surface area contributed by atoms with Gasteiger partial charge in [-0.25, -0.2) is 4.85 Å². The lowest BCUT2D eigenvalue weighted by Crippen LogP contribution is -2.06. The van der Waals surface area contributed by atoms with Crippen LogP contribution in [0.5, 0.6) is 0 Å². The zero-order valence-corrected chi connectivity index (χ0v) is 23.6. The molecule has 0 aliphatic carbocycles. The summed E-state index contributed by atoms with van der Waals surface area (Å²) in [5, 5.41) is 17.7. The highest BCUT2D eigenvalue weighted by molar-refractivity contribution is 7.26. The van der Waals surface area contributed by atoms with E-state index in [9.17, 15) is 5.26 Å². The number of hydrogen-bond acceptors (Lipinski definition) is 2. The normalized spacial score (nSPS) is 11.7. The van der Waals surface area contributed by atoms with Gasteiger partial charge in [0.15, 0.2) is 5.69 Å². The molecule has 0 saturated carbocycles. The van der Waals surface area contributed by atoms with E-state index in [2.05, 4.69) is 117 Å². The summed E-state index contributed by atoms with van der Waals surface area (Å²) in [7, 11) is 0. The predicted octanol–water partition coefficient (Wildman–Crippen LogP) is 10.7. The van der Waals surface area contributed by atoms with Crippen LogP contribution in [-0.2, 0) is 0 Å². The van der Waals surface area contributed by atoms with Gasteiger partial charge in [-0.3, -0.25) is 0 Å². The highest BCUT2D eigenvalue weighted by atomic mass is 32.1. The van der Waals surface area contributed by atoms with Gasteiger partial charge in [0, 0.05) is 41.7 Å². The van der Waals surface area contributed by atoms with Crippen molar-refractivity contribution in [3.63, 3.8) is 0 Å². The third-order valence-corrected chi connectivity index (χ3v) is 9.75. The average molecular weight is 565 g/mol. The molecule has 0 aliphatic heterocycles. The molecule has 0 atom stereocenters. The van der Waals surface area contributed by atoms with Gasteiger partial charge in [0.1, 0.15) is 6.07 Å². The Bertz CT molecular complexity index is 2650. The first kappa shape index (κ1) is 23.8. The van der Waals surface area contributed by atoms with Crippen molar-refractivity contribution in [2.45, 2.75) is 0 Å². The average Bonchev–Trinajstić information content (AvgIpc) is 3.72. The third kappa shape index (κ3) is 3.17. The summed E-state index contributed by atoms with van der Waals surface area (Å²) < 4.78 is 6.96. The third-order valence-electron chi connectivity index (χ3n) is 8.55. The molecule has 9 rings (SSSR count). The van der Waals surface area contributed by atoms with Crippen LogP contribution in [0.15, 0.2) is 121 Å². The van der Waals surface area contributed by atoms with E-state index in [1.807, 2.05) is 29.5 Å². The molecule has 9 aromatic rings. The van der Waals surface area contributed by atoms with Crippen molar-refractivity contribution in [1.29, 1.82) is 5.26 Å². The number of fused-ring (bicyclic) bond motifs is 10. The van der Waals surface area contributed by atoms with E-state index in [0.29, 0.717) is 11.3 Å². The first-order valence-corrected chi connectivity index (χ1v) is 14.9. The van der Waals surface area contributed by atoms with Crippen LogP contribution >= 0.6 is 11.3 Å². The first-order valence-electron chi connectivity index (χ1n) is 14.0. The Labute approximate surface area is 250 Å². The summed E-state index contributed by atoms with van der Waals surface area (Å²) in [4.78, 5) is 3.81. The van der Waals surface area contributed by atoms with Crippen LogP contribution in [0.1, 0.15) is 5.56 Å². The lowest BCUT2D eigenvalue weighted by Gasteiger charge is -2.19. The second-order valence-corrected chi connectivity index (χ2v) is 11.8. The van der Waals surface area contributed by atoms with E-state index >= 15 is 0 Å². The quantitative estimate of drug-likeness (QED) is 0.192. The van der Waals surface area contributed by atoms with Crippen molar-refractivity contribution in [2.75, 3.05) is 0 Å². The van der Waals surface area contributed by atoms with Crippen LogP contribution in [0.25, 0.3) is 80.0 Å². The topological polar surface area (TPSA) is 38.0 Å². The zero-order valence-electron chi connectivity index (χ0n) is 22.7. The molecule has 0 bridgehead atoms. The van der Waals surface area contributed by atoms with E-state index in [-0.39, 0.29) is 0 Å². The summed E-state index contributed by atoms with van der Waals surface area (Å²) in [6.45, 7) is 7.94. The molecule has 3 aromatic heterocycles. The molecule has 0 unspecified atom stereocenters. The Morgan fingerprint density at radius 2 is 1.21 bits per heavy atom. The molecule has 0 aliphatic rings. The molecule has 0 fully saturated rings. The molecule has 198 valence electrons. The Morgan fingerprint density at radius 3 is 1.88 bits per heavy atom. The van der Waals surface area contributed by atoms with Crippen molar-refractivity contribution >= 4 is 80.8 Å². The molecule has 6 aromatic carbocycles. The Hall–Kier alpha value is -5.88. The molecule has 5 heteroatoms. The molecule has 3 heterocycles. The van der Waals surface area contributed by atoms with Gasteiger partial charge in [-0.2, -0.15) is 5.26 Å². The summed E-state index contributed by atoms with van der Waals surface area (Å²) >= 11 is 1.82. The van der Waals surface area contributed by atoms with Gasteiger partial charge in [0.05, 0.1) is 45.6 Å². The fourth-order valence-corrected chi connectivity index (χ4v) is 8.08. The minimum atomic E-state index is 0.435. The second kappa shape index (κ2) is 8.81. The lowest BCUT2D eigenvalue weighted by molar-refractivity contribution is 1.09. The lowest BCUT2D eigenvalue weighted by atomic mass is 10.1. The highest BCUT2D eigenvalue weighted by Gasteiger charge is 2.24. The van der Waals surface area contributed by atoms with Gasteiger partial charge in [-0.1, -0.05) is 78.9 Å². The van der Waals surface area contributed by atoms with Crippen LogP contribution < -0.4 is 0 Å². The van der Waals surface area contributed by atoms with Gasteiger partial charge in [-0.05, 0) is 42.5 Å². The summed E-state index contributed by atoms with van der Waals surface area (Å²) in [5.74, 6) is 0. The van der Waals surface area contributed by atoms with Gasteiger partial charge >= 0.3 is 0 Å². The number of nitriles is 1. The molecule has 0 amide bonds. The monoisotopic (exact) mass is 564 g/mol. The second-order valence-electron chi connectivity index (χ2n) is 10.7. The Kier molecular flexibility index (Phi) is 4.87. The van der Waals surface area contributed by atoms with Crippen molar-refractivity contribution in [1.82, 2.24) is 9.13 Å². The predicted molar refractivity (Wildman–Crippen MR) is 179 cm³/mol. The van der Waals surface area contributed by atoms with E-state index in [1.165, 1.54) is 25.6 Å². The molecule has 0 spiro atoms. The van der Waals surface area contributed by atoms with E-state index < -0.39 is 0 Å². The van der Waals surface area contributed by atoms with Crippen LogP contribution in [0, 0.1) is 17.9 Å². The smallest absolute Gasteiger partial charge is 0.190 e. The maximum absolute atomic E-state index is 10.6. The van der Waals surface area contributed by atoms with E-state index in [1.54, 1.807) is 6.07 Å². The maximum Gasteiger partial charge on any atom is 0.190 e. The molecule has 0 radical (unpaired) electrons. The standard InChI is InChI=1S/C38H20N4S/c1-40-24-20-23(22-39)37(42-30-14-6-2-10-25(30)26-11-3-7-15-31(26)42)34(21-24)41-32-16-8-4-13-29(32)36-33(41)19-18-28-27-12-5-9-17-35(27)43-38(28)36/h2-21H. The van der Waals surface area contributed by atoms with E-state index in [4.69, 9.17) is 6.57 Å². The minimum Gasteiger partial charge on any atom is -0.308 e. The van der Waals surface area contributed by atoms with Crippen molar-refractivity contribution in [3.05, 3.63) is 138 Å². The van der Waals surface area contributed by atoms with Crippen molar-refractivity contribution < 1.29 is 0 Å². The largest absolute Gasteiger partial charge is 0.308 e. The molecular formula is C38H20N4S. The molecular weight excluding hydrogens is 545 g/mol. The number of hydrogen-bond donors (Lipinski definition) is 0. The number of rotatable bonds is 2. The number of nitrogens with zero attached hydrogens (tertiary/aromatic N) is 4. The van der Waals surface area contributed by atoms with Crippen LogP contribution in [-0.4, -0.2) is 9.13 Å². The number of para-hydroxylation sites is 3. The van der Waals surface area contributed by atoms with Crippen molar-refractivity contribution in [2.24, 2.45) is 0 Å². The van der Waals surface area contributed by atoms with Crippen LogP contribution in [0.3, 0.4) is 0 Å². The molecule has 43 heavy (non-hydrogen) atoms. The van der Waals surface area contributed by atoms with E-state index in [0.717, 1.165) is 49.6 Å². The van der Waals surface area contributed by atoms with Gasteiger partial charge in [0.2, 0.25) is 0 Å². The Balaban J connectivity index is 1.51. The van der Waals surface area contributed by atoms with Gasteiger partial charge < -0.3 is 9.13 Å². The maximum atomic E-state index is 10.6. The minimum absolute atomic E-state index is 0.435. The molecule has 4 nitrogen and oxygen atoms in total. The molecule has 0 N–H and O–H groups in total. The number of thiophene rings is 1. The zero-order chi connectivity index (χ0) is 28.7. The first-order chi connectivity index (χ1) is 21.3. The summed E-state index contributed by atoms with van der Waals surface area (Å²) in [6.07, 6.45) is 0. The SMILES string of the molecule is [C-]#[N+]c1cc(C#N)c(-n2c3ccccc3c3ccccc32)c(-n2c3ccccc3c3c4sc5ccccc5c4ccc32)c1. The van der Waals surface area contributed by atoms with Crippen molar-refractivity contribution in [3.8, 4) is 17.4 Å². The number of aromatic nitrogens is 2.